The Morgan fingerprint density at radius 2 is 2.05 bits per heavy atom. The topological polar surface area (TPSA) is 68.0 Å². The van der Waals surface area contributed by atoms with Gasteiger partial charge in [-0.15, -0.1) is 0 Å². The van der Waals surface area contributed by atoms with Gasteiger partial charge in [-0.3, -0.25) is 4.79 Å². The molecule has 0 spiro atoms. The third kappa shape index (κ3) is 3.83. The average Bonchev–Trinajstić information content (AvgIpc) is 2.42. The molecule has 1 amide bonds. The van der Waals surface area contributed by atoms with Gasteiger partial charge in [-0.05, 0) is 42.3 Å². The first-order valence-corrected chi connectivity index (χ1v) is 6.39. The predicted molar refractivity (Wildman–Crippen MR) is 82.5 cm³/mol. The lowest BCUT2D eigenvalue weighted by Crippen LogP contribution is -2.08. The van der Waals surface area contributed by atoms with Crippen molar-refractivity contribution in [2.24, 2.45) is 0 Å². The molecule has 0 unspecified atom stereocenters. The number of nitrogens with one attached hydrogen (secondary N) is 1. The molecule has 1 heterocycles. The molecule has 1 aromatic carbocycles. The van der Waals surface area contributed by atoms with Crippen LogP contribution >= 0.6 is 11.6 Å². The molecule has 4 nitrogen and oxygen atoms in total. The molecule has 102 valence electrons. The van der Waals surface area contributed by atoms with Crippen molar-refractivity contribution in [1.29, 1.82) is 0 Å². The molecular weight excluding hydrogens is 274 g/mol. The summed E-state index contributed by atoms with van der Waals surface area (Å²) in [5.41, 5.74) is 8.60. The molecule has 2 aromatic rings. The Kier molecular flexibility index (Phi) is 4.38. The molecule has 3 N–H and O–H groups in total. The van der Waals surface area contributed by atoms with E-state index in [1.807, 2.05) is 19.1 Å². The van der Waals surface area contributed by atoms with Crippen molar-refractivity contribution in [2.45, 2.75) is 6.92 Å². The number of rotatable bonds is 3. The first kappa shape index (κ1) is 14.1. The van der Waals surface area contributed by atoms with E-state index in [2.05, 4.69) is 10.3 Å². The van der Waals surface area contributed by atoms with Crippen molar-refractivity contribution >= 4 is 35.0 Å². The van der Waals surface area contributed by atoms with Crippen LogP contribution in [0.1, 0.15) is 11.1 Å². The fourth-order valence-corrected chi connectivity index (χ4v) is 1.69. The second-order valence-corrected chi connectivity index (χ2v) is 4.68. The van der Waals surface area contributed by atoms with Crippen LogP contribution in [0.2, 0.25) is 5.15 Å². The van der Waals surface area contributed by atoms with Gasteiger partial charge in [0.2, 0.25) is 5.91 Å². The van der Waals surface area contributed by atoms with Crippen molar-refractivity contribution in [2.75, 3.05) is 11.1 Å². The van der Waals surface area contributed by atoms with Gasteiger partial charge in [-0.2, -0.15) is 0 Å². The molecule has 0 fully saturated rings. The Labute approximate surface area is 122 Å². The molecule has 0 bridgehead atoms. The molecule has 0 aliphatic heterocycles. The number of pyridine rings is 1. The zero-order chi connectivity index (χ0) is 14.5. The van der Waals surface area contributed by atoms with Crippen molar-refractivity contribution in [1.82, 2.24) is 4.98 Å². The van der Waals surface area contributed by atoms with Gasteiger partial charge in [-0.25, -0.2) is 4.98 Å². The zero-order valence-electron chi connectivity index (χ0n) is 10.9. The van der Waals surface area contributed by atoms with E-state index in [0.29, 0.717) is 16.5 Å². The van der Waals surface area contributed by atoms with E-state index in [-0.39, 0.29) is 5.91 Å². The summed E-state index contributed by atoms with van der Waals surface area (Å²) < 4.78 is 0. The van der Waals surface area contributed by atoms with Crippen molar-refractivity contribution < 1.29 is 4.79 Å². The van der Waals surface area contributed by atoms with Gasteiger partial charge < -0.3 is 11.1 Å². The molecular formula is C15H14ClN3O. The first-order chi connectivity index (χ1) is 9.54. The molecule has 0 aliphatic rings. The van der Waals surface area contributed by atoms with Crippen LogP contribution in [0.5, 0.6) is 0 Å². The van der Waals surface area contributed by atoms with Gasteiger partial charge in [0.15, 0.2) is 0 Å². The van der Waals surface area contributed by atoms with Crippen LogP contribution in [0, 0.1) is 6.92 Å². The van der Waals surface area contributed by atoms with Crippen LogP contribution in [0.15, 0.2) is 42.6 Å². The van der Waals surface area contributed by atoms with Crippen LogP contribution in [-0.2, 0) is 4.79 Å². The summed E-state index contributed by atoms with van der Waals surface area (Å²) >= 11 is 5.82. The second kappa shape index (κ2) is 6.21. The van der Waals surface area contributed by atoms with Crippen molar-refractivity contribution in [3.8, 4) is 0 Å². The van der Waals surface area contributed by atoms with E-state index in [0.717, 1.165) is 11.1 Å². The number of carbonyl (C=O) groups excluding carboxylic acids is 1. The van der Waals surface area contributed by atoms with Crippen molar-refractivity contribution in [3.05, 3.63) is 58.9 Å². The van der Waals surface area contributed by atoms with Crippen LogP contribution in [0.3, 0.4) is 0 Å². The normalized spacial score (nSPS) is 10.7. The van der Waals surface area contributed by atoms with E-state index in [1.54, 1.807) is 24.3 Å². The molecule has 0 radical (unpaired) electrons. The lowest BCUT2D eigenvalue weighted by Gasteiger charge is -2.03. The Morgan fingerprint density at radius 3 is 2.70 bits per heavy atom. The van der Waals surface area contributed by atoms with Gasteiger partial charge in [0.05, 0.1) is 11.9 Å². The van der Waals surface area contributed by atoms with Gasteiger partial charge >= 0.3 is 0 Å². The number of amides is 1. The smallest absolute Gasteiger partial charge is 0.248 e. The number of hydrogen-bond donors (Lipinski definition) is 2. The Morgan fingerprint density at radius 1 is 1.35 bits per heavy atom. The van der Waals surface area contributed by atoms with Crippen LogP contribution in [-0.4, -0.2) is 10.9 Å². The average molecular weight is 288 g/mol. The third-order valence-electron chi connectivity index (χ3n) is 2.65. The molecule has 0 saturated carbocycles. The number of nitrogen functional groups attached to an aromatic ring is 1. The standard InChI is InChI=1S/C15H14ClN3O/c1-10-8-13(9-18-15(10)16)19-14(20)7-4-11-2-5-12(17)6-3-11/h2-9H,17H2,1H3,(H,19,20)/b7-4+. The molecule has 0 atom stereocenters. The highest BCUT2D eigenvalue weighted by molar-refractivity contribution is 6.30. The summed E-state index contributed by atoms with van der Waals surface area (Å²) in [7, 11) is 0. The number of benzene rings is 1. The number of aromatic nitrogens is 1. The monoisotopic (exact) mass is 287 g/mol. The summed E-state index contributed by atoms with van der Waals surface area (Å²) in [5.74, 6) is -0.231. The van der Waals surface area contributed by atoms with Crippen LogP contribution in [0.4, 0.5) is 11.4 Å². The highest BCUT2D eigenvalue weighted by Gasteiger charge is 2.01. The SMILES string of the molecule is Cc1cc(NC(=O)/C=C/c2ccc(N)cc2)cnc1Cl. The summed E-state index contributed by atoms with van der Waals surface area (Å²) in [4.78, 5) is 15.7. The quantitative estimate of drug-likeness (QED) is 0.517. The van der Waals surface area contributed by atoms with Gasteiger partial charge in [-0.1, -0.05) is 23.7 Å². The number of anilines is 2. The second-order valence-electron chi connectivity index (χ2n) is 4.32. The summed E-state index contributed by atoms with van der Waals surface area (Å²) in [5, 5.41) is 3.15. The highest BCUT2D eigenvalue weighted by Crippen LogP contribution is 2.16. The number of hydrogen-bond acceptors (Lipinski definition) is 3. The Bertz CT molecular complexity index is 651. The first-order valence-electron chi connectivity index (χ1n) is 6.01. The maximum absolute atomic E-state index is 11.8. The Hall–Kier alpha value is -2.33. The summed E-state index contributed by atoms with van der Waals surface area (Å²) in [6.07, 6.45) is 4.69. The number of carbonyl (C=O) groups is 1. The largest absolute Gasteiger partial charge is 0.399 e. The summed E-state index contributed by atoms with van der Waals surface area (Å²) in [6, 6.07) is 9.01. The number of halogens is 1. The minimum Gasteiger partial charge on any atom is -0.399 e. The third-order valence-corrected chi connectivity index (χ3v) is 3.04. The van der Waals surface area contributed by atoms with E-state index in [1.165, 1.54) is 12.3 Å². The molecule has 0 saturated heterocycles. The van der Waals surface area contributed by atoms with Gasteiger partial charge in [0.1, 0.15) is 5.15 Å². The lowest BCUT2D eigenvalue weighted by molar-refractivity contribution is -0.111. The van der Waals surface area contributed by atoms with Crippen molar-refractivity contribution in [3.63, 3.8) is 0 Å². The minimum absolute atomic E-state index is 0.231. The highest BCUT2D eigenvalue weighted by atomic mass is 35.5. The number of nitrogens with two attached hydrogens (primary N) is 1. The maximum atomic E-state index is 11.8. The lowest BCUT2D eigenvalue weighted by atomic mass is 10.2. The van der Waals surface area contributed by atoms with Gasteiger partial charge in [0, 0.05) is 11.8 Å². The number of nitrogens with zero attached hydrogens (tertiary/aromatic N) is 1. The summed E-state index contributed by atoms with van der Waals surface area (Å²) in [6.45, 7) is 1.83. The van der Waals surface area contributed by atoms with E-state index >= 15 is 0 Å². The fourth-order valence-electron chi connectivity index (χ4n) is 1.59. The van der Waals surface area contributed by atoms with E-state index < -0.39 is 0 Å². The predicted octanol–water partition coefficient (Wildman–Crippen LogP) is 3.28. The zero-order valence-corrected chi connectivity index (χ0v) is 11.7. The maximum Gasteiger partial charge on any atom is 0.248 e. The Balaban J connectivity index is 2.01. The van der Waals surface area contributed by atoms with Crippen LogP contribution < -0.4 is 11.1 Å². The molecule has 20 heavy (non-hydrogen) atoms. The van der Waals surface area contributed by atoms with E-state index in [4.69, 9.17) is 17.3 Å². The fraction of sp³-hybridized carbons (Fsp3) is 0.0667. The molecule has 2 rings (SSSR count). The molecule has 1 aromatic heterocycles. The molecule has 5 heteroatoms. The number of aryl methyl sites for hydroxylation is 1. The van der Waals surface area contributed by atoms with Gasteiger partial charge in [0.25, 0.3) is 0 Å². The molecule has 0 aliphatic carbocycles. The van der Waals surface area contributed by atoms with Crippen LogP contribution in [0.25, 0.3) is 6.08 Å². The minimum atomic E-state index is -0.231. The van der Waals surface area contributed by atoms with E-state index in [9.17, 15) is 4.79 Å².